The van der Waals surface area contributed by atoms with Gasteiger partial charge in [-0.15, -0.1) is 0 Å². The average molecular weight is 276 g/mol. The summed E-state index contributed by atoms with van der Waals surface area (Å²) in [4.78, 5) is 37.8. The minimum atomic E-state index is -1.05. The van der Waals surface area contributed by atoms with Crippen molar-refractivity contribution in [1.29, 1.82) is 0 Å². The molecular formula is C14H16N2O4. The number of carbonyl (C=O) groups is 3. The second-order valence-electron chi connectivity index (χ2n) is 5.42. The Bertz CT molecular complexity index is 544. The van der Waals surface area contributed by atoms with Gasteiger partial charge in [-0.1, -0.05) is 19.3 Å². The summed E-state index contributed by atoms with van der Waals surface area (Å²) in [6.07, 6.45) is 6.73. The monoisotopic (exact) mass is 276 g/mol. The fourth-order valence-corrected chi connectivity index (χ4v) is 3.04. The summed E-state index contributed by atoms with van der Waals surface area (Å²) in [6, 6.07) is 1.06. The quantitative estimate of drug-likeness (QED) is 0.835. The number of urea groups is 1. The third-order valence-electron chi connectivity index (χ3n) is 4.18. The van der Waals surface area contributed by atoms with Gasteiger partial charge in [0.25, 0.3) is 0 Å². The first kappa shape index (κ1) is 12.9. The van der Waals surface area contributed by atoms with E-state index >= 15 is 0 Å². The van der Waals surface area contributed by atoms with E-state index in [0.29, 0.717) is 12.8 Å². The zero-order valence-corrected chi connectivity index (χ0v) is 11.1. The SMILES string of the molecule is O=C1NC(=O)C2(CCCCC2)C(=O)N1Cc1ccoc1. The van der Waals surface area contributed by atoms with E-state index in [1.807, 2.05) is 0 Å². The van der Waals surface area contributed by atoms with Gasteiger partial charge >= 0.3 is 6.03 Å². The van der Waals surface area contributed by atoms with Crippen LogP contribution in [0.5, 0.6) is 0 Å². The minimum Gasteiger partial charge on any atom is -0.472 e. The van der Waals surface area contributed by atoms with Crippen LogP contribution in [0.15, 0.2) is 23.0 Å². The number of carbonyl (C=O) groups excluding carboxylic acids is 3. The van der Waals surface area contributed by atoms with Crippen LogP contribution in [0.25, 0.3) is 0 Å². The van der Waals surface area contributed by atoms with Crippen LogP contribution in [0, 0.1) is 5.41 Å². The summed E-state index contributed by atoms with van der Waals surface area (Å²) in [7, 11) is 0. The third-order valence-corrected chi connectivity index (χ3v) is 4.18. The van der Waals surface area contributed by atoms with Crippen molar-refractivity contribution in [3.8, 4) is 0 Å². The molecule has 2 fully saturated rings. The van der Waals surface area contributed by atoms with Crippen molar-refractivity contribution in [2.24, 2.45) is 5.41 Å². The van der Waals surface area contributed by atoms with Crippen molar-refractivity contribution in [1.82, 2.24) is 10.2 Å². The zero-order valence-electron chi connectivity index (χ0n) is 11.1. The van der Waals surface area contributed by atoms with Crippen molar-refractivity contribution in [3.05, 3.63) is 24.2 Å². The molecule has 1 aliphatic carbocycles. The Morgan fingerprint density at radius 1 is 1.20 bits per heavy atom. The van der Waals surface area contributed by atoms with Gasteiger partial charge in [0.2, 0.25) is 11.8 Å². The number of nitrogens with zero attached hydrogens (tertiary/aromatic N) is 1. The first-order chi connectivity index (χ1) is 9.63. The van der Waals surface area contributed by atoms with Crippen LogP contribution < -0.4 is 5.32 Å². The lowest BCUT2D eigenvalue weighted by Gasteiger charge is -2.41. The van der Waals surface area contributed by atoms with Crippen molar-refractivity contribution < 1.29 is 18.8 Å². The van der Waals surface area contributed by atoms with Crippen LogP contribution in [0.1, 0.15) is 37.7 Å². The summed E-state index contributed by atoms with van der Waals surface area (Å²) in [5.74, 6) is -0.803. The Morgan fingerprint density at radius 3 is 2.60 bits per heavy atom. The maximum Gasteiger partial charge on any atom is 0.331 e. The van der Waals surface area contributed by atoms with Crippen molar-refractivity contribution in [2.75, 3.05) is 0 Å². The van der Waals surface area contributed by atoms with Gasteiger partial charge in [0.15, 0.2) is 0 Å². The first-order valence-corrected chi connectivity index (χ1v) is 6.82. The molecule has 0 atom stereocenters. The van der Waals surface area contributed by atoms with E-state index in [9.17, 15) is 14.4 Å². The smallest absolute Gasteiger partial charge is 0.331 e. The van der Waals surface area contributed by atoms with E-state index in [1.165, 1.54) is 12.5 Å². The van der Waals surface area contributed by atoms with Gasteiger partial charge in [0, 0.05) is 5.56 Å². The number of furan rings is 1. The van der Waals surface area contributed by atoms with Crippen LogP contribution in [0.2, 0.25) is 0 Å². The van der Waals surface area contributed by atoms with Crippen molar-refractivity contribution >= 4 is 17.8 Å². The van der Waals surface area contributed by atoms with Gasteiger partial charge in [-0.2, -0.15) is 0 Å². The molecule has 4 amide bonds. The highest BCUT2D eigenvalue weighted by Crippen LogP contribution is 2.40. The number of hydrogen-bond acceptors (Lipinski definition) is 4. The topological polar surface area (TPSA) is 79.6 Å². The van der Waals surface area contributed by atoms with Crippen molar-refractivity contribution in [3.63, 3.8) is 0 Å². The lowest BCUT2D eigenvalue weighted by atomic mass is 9.71. The van der Waals surface area contributed by atoms with E-state index < -0.39 is 17.4 Å². The van der Waals surface area contributed by atoms with Crippen LogP contribution >= 0.6 is 0 Å². The summed E-state index contributed by atoms with van der Waals surface area (Å²) >= 11 is 0. The van der Waals surface area contributed by atoms with E-state index in [-0.39, 0.29) is 12.5 Å². The van der Waals surface area contributed by atoms with Gasteiger partial charge in [0.1, 0.15) is 5.41 Å². The number of barbiturate groups is 1. The van der Waals surface area contributed by atoms with Crippen molar-refractivity contribution in [2.45, 2.75) is 38.6 Å². The molecular weight excluding hydrogens is 260 g/mol. The van der Waals surface area contributed by atoms with Crippen LogP contribution in [-0.4, -0.2) is 22.7 Å². The van der Waals surface area contributed by atoms with Crippen LogP contribution in [0.3, 0.4) is 0 Å². The van der Waals surface area contributed by atoms with Crippen LogP contribution in [0.4, 0.5) is 4.79 Å². The van der Waals surface area contributed by atoms with Crippen LogP contribution in [-0.2, 0) is 16.1 Å². The molecule has 2 aliphatic rings. The summed E-state index contributed by atoms with van der Waals surface area (Å²) in [6.45, 7) is 0.135. The average Bonchev–Trinajstić information content (AvgIpc) is 2.96. The first-order valence-electron chi connectivity index (χ1n) is 6.82. The molecule has 0 aromatic carbocycles. The molecule has 1 aromatic rings. The molecule has 20 heavy (non-hydrogen) atoms. The molecule has 0 bridgehead atoms. The highest BCUT2D eigenvalue weighted by atomic mass is 16.3. The molecule has 2 heterocycles. The lowest BCUT2D eigenvalue weighted by molar-refractivity contribution is -0.154. The summed E-state index contributed by atoms with van der Waals surface area (Å²) in [5.41, 5.74) is -0.315. The minimum absolute atomic E-state index is 0.135. The molecule has 3 rings (SSSR count). The largest absolute Gasteiger partial charge is 0.472 e. The van der Waals surface area contributed by atoms with Gasteiger partial charge in [-0.3, -0.25) is 19.8 Å². The Labute approximate surface area is 116 Å². The fourth-order valence-electron chi connectivity index (χ4n) is 3.04. The Morgan fingerprint density at radius 2 is 1.95 bits per heavy atom. The van der Waals surface area contributed by atoms with Gasteiger partial charge in [0.05, 0.1) is 19.1 Å². The standard InChI is InChI=1S/C14H16N2O4/c17-11-14(5-2-1-3-6-14)12(18)16(13(19)15-11)8-10-4-7-20-9-10/h4,7,9H,1-3,5-6,8H2,(H,15,17,19). The molecule has 0 radical (unpaired) electrons. The van der Waals surface area contributed by atoms with Gasteiger partial charge < -0.3 is 4.42 Å². The molecule has 0 unspecified atom stereocenters. The third kappa shape index (κ3) is 1.92. The van der Waals surface area contributed by atoms with Gasteiger partial charge in [-0.05, 0) is 18.9 Å². The number of nitrogens with one attached hydrogen (secondary N) is 1. The predicted octanol–water partition coefficient (Wildman–Crippen LogP) is 1.81. The molecule has 106 valence electrons. The van der Waals surface area contributed by atoms with E-state index in [2.05, 4.69) is 5.32 Å². The maximum atomic E-state index is 12.7. The molecule has 1 aliphatic heterocycles. The van der Waals surface area contributed by atoms with Gasteiger partial charge in [-0.25, -0.2) is 4.79 Å². The molecule has 1 spiro atoms. The van der Waals surface area contributed by atoms with E-state index in [1.54, 1.807) is 6.07 Å². The lowest BCUT2D eigenvalue weighted by Crippen LogP contribution is -2.63. The maximum absolute atomic E-state index is 12.7. The zero-order chi connectivity index (χ0) is 14.2. The normalized spacial score (nSPS) is 22.2. The molecule has 1 saturated heterocycles. The van der Waals surface area contributed by atoms with E-state index in [4.69, 9.17) is 4.42 Å². The fraction of sp³-hybridized carbons (Fsp3) is 0.500. The highest BCUT2D eigenvalue weighted by Gasteiger charge is 2.53. The molecule has 1 N–H and O–H groups in total. The molecule has 1 aromatic heterocycles. The highest BCUT2D eigenvalue weighted by molar-refractivity contribution is 6.19. The second kappa shape index (κ2) is 4.77. The number of hydrogen-bond donors (Lipinski definition) is 1. The molecule has 6 nitrogen and oxygen atoms in total. The predicted molar refractivity (Wildman–Crippen MR) is 68.3 cm³/mol. The van der Waals surface area contributed by atoms with E-state index in [0.717, 1.165) is 29.7 Å². The Balaban J connectivity index is 1.88. The molecule has 1 saturated carbocycles. The second-order valence-corrected chi connectivity index (χ2v) is 5.42. The summed E-state index contributed by atoms with van der Waals surface area (Å²) in [5, 5.41) is 2.33. The molecule has 6 heteroatoms. The Kier molecular flexibility index (Phi) is 3.08. The number of rotatable bonds is 2. The summed E-state index contributed by atoms with van der Waals surface area (Å²) < 4.78 is 4.95. The number of amides is 4. The Hall–Kier alpha value is -2.11. The number of imide groups is 2.